The molecule has 0 fully saturated rings. The highest BCUT2D eigenvalue weighted by Crippen LogP contribution is 2.27. The summed E-state index contributed by atoms with van der Waals surface area (Å²) in [7, 11) is 0. The number of nitrogens with one attached hydrogen (secondary N) is 1. The van der Waals surface area contributed by atoms with Gasteiger partial charge < -0.3 is 10.4 Å². The molecule has 1 aromatic heterocycles. The Labute approximate surface area is 152 Å². The molecule has 2 aromatic rings. The van der Waals surface area contributed by atoms with Crippen molar-refractivity contribution in [1.82, 2.24) is 10.3 Å². The summed E-state index contributed by atoms with van der Waals surface area (Å²) in [5.41, 5.74) is 1.19. The number of aromatic hydroxyl groups is 1. The summed E-state index contributed by atoms with van der Waals surface area (Å²) in [4.78, 5) is 28.5. The lowest BCUT2D eigenvalue weighted by Gasteiger charge is -2.20. The van der Waals surface area contributed by atoms with E-state index in [9.17, 15) is 14.7 Å². The van der Waals surface area contributed by atoms with Crippen LogP contribution in [0.4, 0.5) is 0 Å². The number of carbonyl (C=O) groups excluding carboxylic acids is 2. The Hall–Kier alpha value is -2.40. The van der Waals surface area contributed by atoms with E-state index in [4.69, 9.17) is 11.6 Å². The van der Waals surface area contributed by atoms with E-state index in [1.807, 2.05) is 20.8 Å². The summed E-state index contributed by atoms with van der Waals surface area (Å²) < 4.78 is 0. The number of pyridine rings is 1. The molecule has 5 nitrogen and oxygen atoms in total. The first-order valence-corrected chi connectivity index (χ1v) is 8.29. The van der Waals surface area contributed by atoms with Gasteiger partial charge in [-0.15, -0.1) is 0 Å². The average molecular weight is 361 g/mol. The third-order valence-corrected chi connectivity index (χ3v) is 3.83. The molecule has 0 atom stereocenters. The van der Waals surface area contributed by atoms with Gasteiger partial charge in [0.2, 0.25) is 0 Å². The van der Waals surface area contributed by atoms with Crippen molar-refractivity contribution in [3.63, 3.8) is 0 Å². The number of benzene rings is 1. The number of rotatable bonds is 5. The molecule has 1 aromatic carbocycles. The predicted molar refractivity (Wildman–Crippen MR) is 97.0 cm³/mol. The Morgan fingerprint density at radius 3 is 2.60 bits per heavy atom. The summed E-state index contributed by atoms with van der Waals surface area (Å²) in [6.45, 7) is 5.66. The zero-order valence-corrected chi connectivity index (χ0v) is 15.2. The molecule has 0 spiro atoms. The average Bonchev–Trinajstić information content (AvgIpc) is 2.50. The van der Waals surface area contributed by atoms with E-state index in [1.165, 1.54) is 12.3 Å². The molecule has 2 rings (SSSR count). The third-order valence-electron chi connectivity index (χ3n) is 3.39. The van der Waals surface area contributed by atoms with Gasteiger partial charge in [-0.1, -0.05) is 23.7 Å². The van der Waals surface area contributed by atoms with Crippen LogP contribution in [0.15, 0.2) is 36.5 Å². The van der Waals surface area contributed by atoms with Gasteiger partial charge in [0, 0.05) is 24.6 Å². The molecule has 0 unspecified atom stereocenters. The SMILES string of the molecule is CC(C)(C)NC(=O)c1cc(CC(=O)Cc2cccc(O)c2Cl)ccn1. The first-order valence-electron chi connectivity index (χ1n) is 7.91. The molecule has 0 aliphatic rings. The first-order chi connectivity index (χ1) is 11.7. The van der Waals surface area contributed by atoms with Crippen molar-refractivity contribution in [2.45, 2.75) is 39.2 Å². The summed E-state index contributed by atoms with van der Waals surface area (Å²) in [6, 6.07) is 8.14. The second-order valence-electron chi connectivity index (χ2n) is 6.90. The fourth-order valence-corrected chi connectivity index (χ4v) is 2.51. The van der Waals surface area contributed by atoms with Crippen molar-refractivity contribution in [1.29, 1.82) is 0 Å². The third kappa shape index (κ3) is 5.57. The highest BCUT2D eigenvalue weighted by Gasteiger charge is 2.17. The number of carbonyl (C=O) groups is 2. The number of hydrogen-bond acceptors (Lipinski definition) is 4. The van der Waals surface area contributed by atoms with E-state index in [-0.39, 0.29) is 46.5 Å². The van der Waals surface area contributed by atoms with Crippen LogP contribution < -0.4 is 5.32 Å². The molecule has 1 amide bonds. The minimum absolute atomic E-state index is 0.0444. The van der Waals surface area contributed by atoms with Gasteiger partial charge in [0.1, 0.15) is 17.2 Å². The molecule has 0 saturated heterocycles. The predicted octanol–water partition coefficient (Wildman–Crippen LogP) is 3.32. The second kappa shape index (κ2) is 7.66. The maximum absolute atomic E-state index is 12.3. The van der Waals surface area contributed by atoms with Gasteiger partial charge in [0.15, 0.2) is 0 Å². The van der Waals surface area contributed by atoms with Gasteiger partial charge in [-0.3, -0.25) is 14.6 Å². The van der Waals surface area contributed by atoms with Crippen molar-refractivity contribution in [3.8, 4) is 5.75 Å². The fraction of sp³-hybridized carbons (Fsp3) is 0.316. The number of Topliss-reactive ketones (excluding diaryl/α,β-unsaturated/α-hetero) is 1. The van der Waals surface area contributed by atoms with Crippen molar-refractivity contribution in [2.75, 3.05) is 0 Å². The second-order valence-corrected chi connectivity index (χ2v) is 7.27. The number of ketones is 1. The highest BCUT2D eigenvalue weighted by atomic mass is 35.5. The monoisotopic (exact) mass is 360 g/mol. The van der Waals surface area contributed by atoms with E-state index < -0.39 is 0 Å². The first kappa shape index (κ1) is 18.9. The maximum Gasteiger partial charge on any atom is 0.270 e. The Balaban J connectivity index is 2.07. The number of hydrogen-bond donors (Lipinski definition) is 2. The number of phenolic OH excluding ortho intramolecular Hbond substituents is 1. The van der Waals surface area contributed by atoms with Gasteiger partial charge in [-0.2, -0.15) is 0 Å². The highest BCUT2D eigenvalue weighted by molar-refractivity contribution is 6.33. The minimum Gasteiger partial charge on any atom is -0.506 e. The molecule has 25 heavy (non-hydrogen) atoms. The maximum atomic E-state index is 12.3. The van der Waals surface area contributed by atoms with E-state index in [2.05, 4.69) is 10.3 Å². The molecule has 2 N–H and O–H groups in total. The van der Waals surface area contributed by atoms with Crippen LogP contribution in [-0.4, -0.2) is 27.3 Å². The topological polar surface area (TPSA) is 79.3 Å². The molecule has 1 heterocycles. The lowest BCUT2D eigenvalue weighted by atomic mass is 10.0. The summed E-state index contributed by atoms with van der Waals surface area (Å²) in [5, 5.41) is 12.6. The minimum atomic E-state index is -0.364. The number of aromatic nitrogens is 1. The Kier molecular flexibility index (Phi) is 5.80. The van der Waals surface area contributed by atoms with Gasteiger partial charge in [0.25, 0.3) is 5.91 Å². The normalized spacial score (nSPS) is 11.2. The molecule has 0 aliphatic heterocycles. The Morgan fingerprint density at radius 2 is 1.92 bits per heavy atom. The van der Waals surface area contributed by atoms with E-state index in [0.717, 1.165) is 0 Å². The molecule has 6 heteroatoms. The smallest absolute Gasteiger partial charge is 0.270 e. The van der Waals surface area contributed by atoms with Crippen LogP contribution in [0, 0.1) is 0 Å². The molecule has 0 saturated carbocycles. The molecular formula is C19H21ClN2O3. The summed E-state index contributed by atoms with van der Waals surface area (Å²) >= 11 is 6.00. The standard InChI is InChI=1S/C19H21ClN2O3/c1-19(2,3)22-18(25)15-10-12(7-8-21-15)9-14(23)11-13-5-4-6-16(24)17(13)20/h4-8,10,24H,9,11H2,1-3H3,(H,22,25). The van der Waals surface area contributed by atoms with Gasteiger partial charge in [0.05, 0.1) is 5.02 Å². The molecule has 132 valence electrons. The number of halogens is 1. The van der Waals surface area contributed by atoms with Crippen molar-refractivity contribution in [2.24, 2.45) is 0 Å². The van der Waals surface area contributed by atoms with E-state index >= 15 is 0 Å². The van der Waals surface area contributed by atoms with Crippen LogP contribution in [-0.2, 0) is 17.6 Å². The molecule has 0 bridgehead atoms. The lowest BCUT2D eigenvalue weighted by molar-refractivity contribution is -0.117. The molecule has 0 aliphatic carbocycles. The largest absolute Gasteiger partial charge is 0.506 e. The summed E-state index contributed by atoms with van der Waals surface area (Å²) in [5.74, 6) is -0.393. The lowest BCUT2D eigenvalue weighted by Crippen LogP contribution is -2.40. The Morgan fingerprint density at radius 1 is 1.20 bits per heavy atom. The number of nitrogens with zero attached hydrogens (tertiary/aromatic N) is 1. The van der Waals surface area contributed by atoms with Crippen LogP contribution in [0.2, 0.25) is 5.02 Å². The van der Waals surface area contributed by atoms with Crippen molar-refractivity contribution < 1.29 is 14.7 Å². The number of amides is 1. The quantitative estimate of drug-likeness (QED) is 0.857. The van der Waals surface area contributed by atoms with Crippen LogP contribution >= 0.6 is 11.6 Å². The molecular weight excluding hydrogens is 340 g/mol. The Bertz CT molecular complexity index is 797. The summed E-state index contributed by atoms with van der Waals surface area (Å²) in [6.07, 6.45) is 1.78. The fourth-order valence-electron chi connectivity index (χ4n) is 2.32. The number of phenols is 1. The zero-order valence-electron chi connectivity index (χ0n) is 14.5. The zero-order chi connectivity index (χ0) is 18.6. The van der Waals surface area contributed by atoms with Crippen molar-refractivity contribution >= 4 is 23.3 Å². The van der Waals surface area contributed by atoms with Crippen molar-refractivity contribution in [3.05, 3.63) is 58.4 Å². The van der Waals surface area contributed by atoms with E-state index in [1.54, 1.807) is 24.3 Å². The van der Waals surface area contributed by atoms with Crippen LogP contribution in [0.25, 0.3) is 0 Å². The van der Waals surface area contributed by atoms with E-state index in [0.29, 0.717) is 11.1 Å². The molecule has 0 radical (unpaired) electrons. The van der Waals surface area contributed by atoms with Crippen LogP contribution in [0.3, 0.4) is 0 Å². The van der Waals surface area contributed by atoms with Gasteiger partial charge in [-0.05, 0) is 50.1 Å². The van der Waals surface area contributed by atoms with Gasteiger partial charge >= 0.3 is 0 Å². The van der Waals surface area contributed by atoms with Crippen LogP contribution in [0.1, 0.15) is 42.4 Å². The van der Waals surface area contributed by atoms with Gasteiger partial charge in [-0.25, -0.2) is 0 Å². The van der Waals surface area contributed by atoms with Crippen LogP contribution in [0.5, 0.6) is 5.75 Å².